The van der Waals surface area contributed by atoms with Gasteiger partial charge in [0.1, 0.15) is 5.82 Å². The van der Waals surface area contributed by atoms with E-state index in [9.17, 15) is 13.9 Å². The average Bonchev–Trinajstić information content (AvgIpc) is 2.43. The van der Waals surface area contributed by atoms with Crippen LogP contribution in [0.5, 0.6) is 5.75 Å². The summed E-state index contributed by atoms with van der Waals surface area (Å²) in [7, 11) is 0. The fourth-order valence-corrected chi connectivity index (χ4v) is 2.47. The molecule has 0 spiro atoms. The molecule has 3 nitrogen and oxygen atoms in total. The highest BCUT2D eigenvalue weighted by atomic mass is 35.5. The maximum absolute atomic E-state index is 14.0. The molecular formula is C14H20Cl2F2N2O. The van der Waals surface area contributed by atoms with E-state index in [1.807, 2.05) is 4.90 Å². The lowest BCUT2D eigenvalue weighted by Crippen LogP contribution is -2.45. The standard InChI is InChI=1S/C14H18F2N2O.2ClH/c1-2-3-12(18-8-6-17-7-9-18)13-10(15)4-5-11(16)14(13)19;;/h2,4-5,12,17,19H,1,3,6-9H2;2*1H/t12-;;/m1../s1. The lowest BCUT2D eigenvalue weighted by Gasteiger charge is -2.35. The Hall–Kier alpha value is -0.880. The average molecular weight is 341 g/mol. The van der Waals surface area contributed by atoms with Crippen LogP contribution in [0.3, 0.4) is 0 Å². The molecule has 0 aliphatic carbocycles. The summed E-state index contributed by atoms with van der Waals surface area (Å²) < 4.78 is 27.4. The van der Waals surface area contributed by atoms with Crippen LogP contribution in [0.2, 0.25) is 0 Å². The third-order valence-corrected chi connectivity index (χ3v) is 3.43. The van der Waals surface area contributed by atoms with Crippen molar-refractivity contribution in [1.82, 2.24) is 10.2 Å². The predicted octanol–water partition coefficient (Wildman–Crippen LogP) is 3.04. The molecule has 1 saturated heterocycles. The van der Waals surface area contributed by atoms with Crippen molar-refractivity contribution in [3.8, 4) is 5.75 Å². The van der Waals surface area contributed by atoms with Crippen LogP contribution in [0.25, 0.3) is 0 Å². The summed E-state index contributed by atoms with van der Waals surface area (Å²) in [5.74, 6) is -1.96. The second-order valence-electron chi connectivity index (χ2n) is 4.62. The number of hydrogen-bond donors (Lipinski definition) is 2. The normalized spacial score (nSPS) is 16.5. The number of piperazine rings is 1. The van der Waals surface area contributed by atoms with Crippen LogP contribution >= 0.6 is 24.8 Å². The van der Waals surface area contributed by atoms with E-state index in [4.69, 9.17) is 0 Å². The number of rotatable bonds is 4. The van der Waals surface area contributed by atoms with Gasteiger partial charge in [-0.25, -0.2) is 8.78 Å². The van der Waals surface area contributed by atoms with Crippen molar-refractivity contribution in [2.45, 2.75) is 12.5 Å². The highest BCUT2D eigenvalue weighted by Crippen LogP contribution is 2.35. The third kappa shape index (κ3) is 4.54. The fourth-order valence-electron chi connectivity index (χ4n) is 2.47. The largest absolute Gasteiger partial charge is 0.505 e. The van der Waals surface area contributed by atoms with Gasteiger partial charge in [0.05, 0.1) is 5.56 Å². The first-order valence-electron chi connectivity index (χ1n) is 6.37. The Morgan fingerprint density at radius 3 is 2.38 bits per heavy atom. The maximum Gasteiger partial charge on any atom is 0.165 e. The zero-order valence-corrected chi connectivity index (χ0v) is 13.2. The number of benzene rings is 1. The van der Waals surface area contributed by atoms with E-state index in [1.54, 1.807) is 6.08 Å². The zero-order valence-electron chi connectivity index (χ0n) is 11.5. The Kier molecular flexibility index (Phi) is 8.82. The van der Waals surface area contributed by atoms with Gasteiger partial charge >= 0.3 is 0 Å². The summed E-state index contributed by atoms with van der Waals surface area (Å²) in [5.41, 5.74) is 0.0294. The quantitative estimate of drug-likeness (QED) is 0.827. The van der Waals surface area contributed by atoms with Crippen molar-refractivity contribution in [3.63, 3.8) is 0 Å². The van der Waals surface area contributed by atoms with E-state index in [1.165, 1.54) is 0 Å². The summed E-state index contributed by atoms with van der Waals surface area (Å²) in [5, 5.41) is 13.0. The van der Waals surface area contributed by atoms with Crippen molar-refractivity contribution in [1.29, 1.82) is 0 Å². The Bertz CT molecular complexity index is 469. The molecule has 1 atom stereocenters. The minimum absolute atomic E-state index is 0. The molecule has 0 saturated carbocycles. The van der Waals surface area contributed by atoms with Crippen molar-refractivity contribution in [2.75, 3.05) is 26.2 Å². The number of halogens is 4. The molecule has 2 N–H and O–H groups in total. The molecule has 1 aromatic carbocycles. The molecule has 120 valence electrons. The summed E-state index contributed by atoms with van der Waals surface area (Å²) >= 11 is 0. The van der Waals surface area contributed by atoms with Crippen LogP contribution in [0.1, 0.15) is 18.0 Å². The summed E-state index contributed by atoms with van der Waals surface area (Å²) in [4.78, 5) is 2.04. The van der Waals surface area contributed by atoms with Gasteiger partial charge in [0.15, 0.2) is 11.6 Å². The summed E-state index contributed by atoms with van der Waals surface area (Å²) in [6, 6.07) is 1.62. The summed E-state index contributed by atoms with van der Waals surface area (Å²) in [6.45, 7) is 6.72. The Labute approximate surface area is 135 Å². The molecule has 21 heavy (non-hydrogen) atoms. The van der Waals surface area contributed by atoms with Gasteiger partial charge in [-0.1, -0.05) is 6.08 Å². The Morgan fingerprint density at radius 2 is 1.81 bits per heavy atom. The molecule has 0 bridgehead atoms. The summed E-state index contributed by atoms with van der Waals surface area (Å²) in [6.07, 6.45) is 2.13. The monoisotopic (exact) mass is 340 g/mol. The van der Waals surface area contributed by atoms with Crippen molar-refractivity contribution >= 4 is 24.8 Å². The molecule has 1 aliphatic heterocycles. The van der Waals surface area contributed by atoms with Crippen molar-refractivity contribution < 1.29 is 13.9 Å². The number of phenols is 1. The minimum atomic E-state index is -0.791. The van der Waals surface area contributed by atoms with Gasteiger partial charge in [-0.2, -0.15) is 0 Å². The van der Waals surface area contributed by atoms with Gasteiger partial charge in [-0.15, -0.1) is 31.4 Å². The second kappa shape index (κ2) is 9.20. The van der Waals surface area contributed by atoms with Crippen LogP contribution in [0, 0.1) is 11.6 Å². The van der Waals surface area contributed by atoms with Crippen molar-refractivity contribution in [3.05, 3.63) is 42.0 Å². The minimum Gasteiger partial charge on any atom is -0.505 e. The molecule has 0 radical (unpaired) electrons. The number of aromatic hydroxyl groups is 1. The number of nitrogens with one attached hydrogen (secondary N) is 1. The SMILES string of the molecule is C=CC[C@H](c1c(F)ccc(F)c1O)N1CCNCC1.Cl.Cl. The first kappa shape index (κ1) is 20.1. The third-order valence-electron chi connectivity index (χ3n) is 3.43. The van der Waals surface area contributed by atoms with Gasteiger partial charge in [-0.3, -0.25) is 4.90 Å². The topological polar surface area (TPSA) is 35.5 Å². The predicted molar refractivity (Wildman–Crippen MR) is 84.5 cm³/mol. The van der Waals surface area contributed by atoms with Gasteiger partial charge in [0.2, 0.25) is 0 Å². The van der Waals surface area contributed by atoms with E-state index in [2.05, 4.69) is 11.9 Å². The van der Waals surface area contributed by atoms with Crippen molar-refractivity contribution in [2.24, 2.45) is 0 Å². The highest BCUT2D eigenvalue weighted by molar-refractivity contribution is 5.85. The molecule has 0 aromatic heterocycles. The molecule has 1 aliphatic rings. The molecule has 7 heteroatoms. The molecule has 0 unspecified atom stereocenters. The molecule has 1 heterocycles. The zero-order chi connectivity index (χ0) is 13.8. The van der Waals surface area contributed by atoms with E-state index in [-0.39, 0.29) is 36.4 Å². The molecule has 2 rings (SSSR count). The van der Waals surface area contributed by atoms with E-state index < -0.39 is 17.4 Å². The second-order valence-corrected chi connectivity index (χ2v) is 4.62. The highest BCUT2D eigenvalue weighted by Gasteiger charge is 2.27. The van der Waals surface area contributed by atoms with E-state index >= 15 is 0 Å². The number of nitrogens with zero attached hydrogens (tertiary/aromatic N) is 1. The Morgan fingerprint density at radius 1 is 1.24 bits per heavy atom. The van der Waals surface area contributed by atoms with E-state index in [0.717, 1.165) is 38.3 Å². The van der Waals surface area contributed by atoms with Gasteiger partial charge in [0, 0.05) is 32.2 Å². The van der Waals surface area contributed by atoms with Crippen LogP contribution in [-0.2, 0) is 0 Å². The maximum atomic E-state index is 14.0. The molecular weight excluding hydrogens is 321 g/mol. The van der Waals surface area contributed by atoms with Crippen LogP contribution in [-0.4, -0.2) is 36.2 Å². The first-order chi connectivity index (χ1) is 9.15. The van der Waals surface area contributed by atoms with E-state index in [0.29, 0.717) is 6.42 Å². The molecule has 1 fully saturated rings. The van der Waals surface area contributed by atoms with Crippen LogP contribution < -0.4 is 5.32 Å². The lowest BCUT2D eigenvalue weighted by atomic mass is 9.99. The fraction of sp³-hybridized carbons (Fsp3) is 0.429. The van der Waals surface area contributed by atoms with Crippen LogP contribution in [0.4, 0.5) is 8.78 Å². The number of hydrogen-bond acceptors (Lipinski definition) is 3. The number of phenolic OH excluding ortho intramolecular Hbond substituents is 1. The van der Waals surface area contributed by atoms with Gasteiger partial charge < -0.3 is 10.4 Å². The molecule has 0 amide bonds. The van der Waals surface area contributed by atoms with Gasteiger partial charge in [-0.05, 0) is 18.6 Å². The Balaban J connectivity index is 0.00000200. The lowest BCUT2D eigenvalue weighted by molar-refractivity contribution is 0.167. The smallest absolute Gasteiger partial charge is 0.165 e. The van der Waals surface area contributed by atoms with Gasteiger partial charge in [0.25, 0.3) is 0 Å². The molecule has 1 aromatic rings. The first-order valence-corrected chi connectivity index (χ1v) is 6.37. The van der Waals surface area contributed by atoms with Crippen LogP contribution in [0.15, 0.2) is 24.8 Å².